The van der Waals surface area contributed by atoms with E-state index in [0.29, 0.717) is 12.0 Å². The summed E-state index contributed by atoms with van der Waals surface area (Å²) in [6, 6.07) is 28.6. The highest BCUT2D eigenvalue weighted by Crippen LogP contribution is 2.14. The molecule has 0 aliphatic carbocycles. The molecule has 1 aliphatic heterocycles. The number of likely N-dealkylation sites (tertiary alicyclic amines) is 1. The predicted octanol–water partition coefficient (Wildman–Crippen LogP) is 3.42. The highest BCUT2D eigenvalue weighted by molar-refractivity contribution is 5.97. The summed E-state index contributed by atoms with van der Waals surface area (Å²) < 4.78 is 0. The molecule has 1 heterocycles. The fraction of sp³-hybridized carbons (Fsp3) is 0.259. The van der Waals surface area contributed by atoms with Crippen molar-refractivity contribution in [1.29, 1.82) is 0 Å². The Balaban J connectivity index is 1.39. The zero-order valence-electron chi connectivity index (χ0n) is 18.1. The van der Waals surface area contributed by atoms with Crippen LogP contribution in [-0.2, 0) is 17.8 Å². The van der Waals surface area contributed by atoms with E-state index < -0.39 is 6.04 Å². The van der Waals surface area contributed by atoms with E-state index in [9.17, 15) is 9.59 Å². The molecule has 0 radical (unpaired) electrons. The summed E-state index contributed by atoms with van der Waals surface area (Å²) in [7, 11) is 0. The van der Waals surface area contributed by atoms with Gasteiger partial charge < -0.3 is 10.6 Å². The number of carbonyl (C=O) groups is 2. The number of amides is 2. The summed E-state index contributed by atoms with van der Waals surface area (Å²) in [4.78, 5) is 28.3. The van der Waals surface area contributed by atoms with Gasteiger partial charge in [0.1, 0.15) is 6.04 Å². The Bertz CT molecular complexity index is 1010. The van der Waals surface area contributed by atoms with Crippen molar-refractivity contribution in [2.24, 2.45) is 0 Å². The Kier molecular flexibility index (Phi) is 7.31. The molecule has 0 saturated carbocycles. The van der Waals surface area contributed by atoms with Gasteiger partial charge in [-0.3, -0.25) is 14.5 Å². The third-order valence-corrected chi connectivity index (χ3v) is 5.81. The van der Waals surface area contributed by atoms with Gasteiger partial charge in [-0.25, -0.2) is 0 Å². The summed E-state index contributed by atoms with van der Waals surface area (Å²) in [6.45, 7) is 2.64. The van der Waals surface area contributed by atoms with Crippen molar-refractivity contribution in [2.75, 3.05) is 13.1 Å². The maximum atomic E-state index is 13.2. The topological polar surface area (TPSA) is 61.4 Å². The summed E-state index contributed by atoms with van der Waals surface area (Å²) in [5, 5.41) is 6.12. The van der Waals surface area contributed by atoms with Gasteiger partial charge in [0.2, 0.25) is 5.91 Å². The summed E-state index contributed by atoms with van der Waals surface area (Å²) in [6.07, 6.45) is 1.36. The second-order valence-electron chi connectivity index (χ2n) is 8.30. The molecule has 0 bridgehead atoms. The molecular weight excluding hydrogens is 398 g/mol. The lowest BCUT2D eigenvalue weighted by Crippen LogP contribution is -2.51. The number of nitrogens with one attached hydrogen (secondary N) is 2. The van der Waals surface area contributed by atoms with E-state index in [1.54, 1.807) is 12.1 Å². The molecule has 5 heteroatoms. The summed E-state index contributed by atoms with van der Waals surface area (Å²) >= 11 is 0. The van der Waals surface area contributed by atoms with Crippen LogP contribution in [0.3, 0.4) is 0 Å². The molecule has 3 aromatic carbocycles. The second-order valence-corrected chi connectivity index (χ2v) is 8.30. The minimum atomic E-state index is -0.631. The number of hydrogen-bond donors (Lipinski definition) is 2. The molecular formula is C27H29N3O2. The van der Waals surface area contributed by atoms with Crippen molar-refractivity contribution >= 4 is 11.8 Å². The van der Waals surface area contributed by atoms with Gasteiger partial charge in [-0.2, -0.15) is 0 Å². The van der Waals surface area contributed by atoms with E-state index in [2.05, 4.69) is 27.7 Å². The Morgan fingerprint density at radius 3 is 2.09 bits per heavy atom. The highest BCUT2D eigenvalue weighted by atomic mass is 16.2. The zero-order chi connectivity index (χ0) is 22.2. The largest absolute Gasteiger partial charge is 0.350 e. The van der Waals surface area contributed by atoms with Crippen LogP contribution in [0.15, 0.2) is 91.0 Å². The van der Waals surface area contributed by atoms with Crippen LogP contribution in [0.5, 0.6) is 0 Å². The minimum Gasteiger partial charge on any atom is -0.350 e. The Hall–Kier alpha value is -3.44. The van der Waals surface area contributed by atoms with Crippen molar-refractivity contribution in [3.05, 3.63) is 108 Å². The summed E-state index contributed by atoms with van der Waals surface area (Å²) in [5.41, 5.74) is 2.84. The Labute approximate surface area is 189 Å². The molecule has 1 aliphatic rings. The highest BCUT2D eigenvalue weighted by Gasteiger charge is 2.28. The number of rotatable bonds is 8. The van der Waals surface area contributed by atoms with Crippen LogP contribution < -0.4 is 10.6 Å². The van der Waals surface area contributed by atoms with Gasteiger partial charge in [-0.05, 0) is 29.7 Å². The maximum absolute atomic E-state index is 13.2. The lowest BCUT2D eigenvalue weighted by atomic mass is 10.0. The zero-order valence-corrected chi connectivity index (χ0v) is 18.1. The van der Waals surface area contributed by atoms with Crippen LogP contribution in [0.1, 0.15) is 27.9 Å². The van der Waals surface area contributed by atoms with Crippen molar-refractivity contribution in [3.8, 4) is 0 Å². The number of nitrogens with zero attached hydrogens (tertiary/aromatic N) is 1. The fourth-order valence-corrected chi connectivity index (χ4v) is 4.13. The summed E-state index contributed by atoms with van der Waals surface area (Å²) in [5.74, 6) is -0.372. The van der Waals surface area contributed by atoms with Gasteiger partial charge in [0.25, 0.3) is 5.91 Å². The Morgan fingerprint density at radius 1 is 0.844 bits per heavy atom. The van der Waals surface area contributed by atoms with E-state index in [1.807, 2.05) is 66.7 Å². The molecule has 32 heavy (non-hydrogen) atoms. The number of hydrogen-bond acceptors (Lipinski definition) is 3. The van der Waals surface area contributed by atoms with E-state index in [4.69, 9.17) is 0 Å². The van der Waals surface area contributed by atoms with Crippen molar-refractivity contribution in [3.63, 3.8) is 0 Å². The molecule has 0 spiro atoms. The van der Waals surface area contributed by atoms with Crippen LogP contribution in [-0.4, -0.2) is 41.9 Å². The third kappa shape index (κ3) is 6.05. The minimum absolute atomic E-state index is 0.0816. The first-order valence-electron chi connectivity index (χ1n) is 11.1. The number of benzene rings is 3. The molecule has 0 unspecified atom stereocenters. The standard InChI is InChI=1S/C27H29N3O2/c31-26(23-14-8-3-9-15-23)29-25(18-21-10-4-1-5-11-21)27(32)28-24-16-17-30(20-24)19-22-12-6-2-7-13-22/h1-15,24-25H,16-20H2,(H,28,32)(H,29,31)/t24-,25-/m0/s1. The average molecular weight is 428 g/mol. The van der Waals surface area contributed by atoms with E-state index >= 15 is 0 Å². The fourth-order valence-electron chi connectivity index (χ4n) is 4.13. The monoisotopic (exact) mass is 427 g/mol. The van der Waals surface area contributed by atoms with Gasteiger partial charge in [-0.1, -0.05) is 78.9 Å². The number of carbonyl (C=O) groups excluding carboxylic acids is 2. The lowest BCUT2D eigenvalue weighted by molar-refractivity contribution is -0.123. The van der Waals surface area contributed by atoms with Crippen molar-refractivity contribution < 1.29 is 9.59 Å². The van der Waals surface area contributed by atoms with Crippen molar-refractivity contribution in [2.45, 2.75) is 31.5 Å². The molecule has 2 N–H and O–H groups in total. The average Bonchev–Trinajstić information content (AvgIpc) is 3.27. The third-order valence-electron chi connectivity index (χ3n) is 5.81. The molecule has 1 fully saturated rings. The van der Waals surface area contributed by atoms with E-state index in [-0.39, 0.29) is 17.9 Å². The van der Waals surface area contributed by atoms with Crippen LogP contribution in [0, 0.1) is 0 Å². The van der Waals surface area contributed by atoms with Gasteiger partial charge >= 0.3 is 0 Å². The van der Waals surface area contributed by atoms with E-state index in [0.717, 1.165) is 31.6 Å². The van der Waals surface area contributed by atoms with Crippen LogP contribution >= 0.6 is 0 Å². The molecule has 3 aromatic rings. The normalized spacial score (nSPS) is 16.9. The van der Waals surface area contributed by atoms with Gasteiger partial charge in [0.05, 0.1) is 0 Å². The first-order chi connectivity index (χ1) is 15.7. The first-order valence-corrected chi connectivity index (χ1v) is 11.1. The first kappa shape index (κ1) is 21.8. The van der Waals surface area contributed by atoms with Gasteiger partial charge in [0, 0.05) is 37.7 Å². The molecule has 2 atom stereocenters. The van der Waals surface area contributed by atoms with Crippen LogP contribution in [0.4, 0.5) is 0 Å². The smallest absolute Gasteiger partial charge is 0.251 e. The van der Waals surface area contributed by atoms with Gasteiger partial charge in [-0.15, -0.1) is 0 Å². The predicted molar refractivity (Wildman–Crippen MR) is 126 cm³/mol. The molecule has 1 saturated heterocycles. The molecule has 4 rings (SSSR count). The second kappa shape index (κ2) is 10.7. The quantitative estimate of drug-likeness (QED) is 0.579. The maximum Gasteiger partial charge on any atom is 0.251 e. The van der Waals surface area contributed by atoms with Crippen LogP contribution in [0.2, 0.25) is 0 Å². The molecule has 0 aromatic heterocycles. The van der Waals surface area contributed by atoms with Gasteiger partial charge in [0.15, 0.2) is 0 Å². The Morgan fingerprint density at radius 2 is 1.44 bits per heavy atom. The van der Waals surface area contributed by atoms with E-state index in [1.165, 1.54) is 5.56 Å². The van der Waals surface area contributed by atoms with Crippen molar-refractivity contribution in [1.82, 2.24) is 15.5 Å². The molecule has 164 valence electrons. The van der Waals surface area contributed by atoms with Crippen LogP contribution in [0.25, 0.3) is 0 Å². The lowest BCUT2D eigenvalue weighted by Gasteiger charge is -2.22. The molecule has 2 amide bonds. The molecule has 5 nitrogen and oxygen atoms in total. The SMILES string of the molecule is O=C(N[C@@H](Cc1ccccc1)C(=O)N[C@H]1CCN(Cc2ccccc2)C1)c1ccccc1.